The fraction of sp³-hybridized carbons (Fsp3) is 0.308. The van der Waals surface area contributed by atoms with Crippen molar-refractivity contribution in [3.63, 3.8) is 0 Å². The monoisotopic (exact) mass is 247 g/mol. The molecule has 0 saturated heterocycles. The molecule has 0 spiro atoms. The number of H-pyrrole nitrogens is 1. The highest BCUT2D eigenvalue weighted by Gasteiger charge is 2.12. The van der Waals surface area contributed by atoms with E-state index in [1.165, 1.54) is 0 Å². The van der Waals surface area contributed by atoms with Crippen LogP contribution in [-0.2, 0) is 0 Å². The van der Waals surface area contributed by atoms with E-state index in [9.17, 15) is 9.90 Å². The third-order valence-corrected chi connectivity index (χ3v) is 2.92. The van der Waals surface area contributed by atoms with Crippen molar-refractivity contribution in [1.29, 1.82) is 0 Å². The van der Waals surface area contributed by atoms with Gasteiger partial charge in [-0.15, -0.1) is 0 Å². The van der Waals surface area contributed by atoms with Gasteiger partial charge < -0.3 is 21.1 Å². The quantitative estimate of drug-likeness (QED) is 0.613. The minimum Gasteiger partial charge on any atom is -0.399 e. The highest BCUT2D eigenvalue weighted by atomic mass is 16.3. The van der Waals surface area contributed by atoms with Crippen molar-refractivity contribution in [3.8, 4) is 0 Å². The van der Waals surface area contributed by atoms with Gasteiger partial charge in [0.15, 0.2) is 0 Å². The van der Waals surface area contributed by atoms with Crippen molar-refractivity contribution in [2.45, 2.75) is 19.4 Å². The van der Waals surface area contributed by atoms with Crippen LogP contribution >= 0.6 is 0 Å². The summed E-state index contributed by atoms with van der Waals surface area (Å²) in [7, 11) is 0. The normalized spacial score (nSPS) is 12.6. The molecule has 1 amide bonds. The third kappa shape index (κ3) is 2.46. The van der Waals surface area contributed by atoms with Crippen LogP contribution in [0.4, 0.5) is 5.69 Å². The SMILES string of the molecule is CCC(O)CNC(=O)c1c[nH]c2ccc(N)cc12. The summed E-state index contributed by atoms with van der Waals surface area (Å²) >= 11 is 0. The van der Waals surface area contributed by atoms with Crippen LogP contribution in [0.1, 0.15) is 23.7 Å². The second kappa shape index (κ2) is 5.10. The predicted octanol–water partition coefficient (Wildman–Crippen LogP) is 1.25. The molecule has 96 valence electrons. The molecule has 18 heavy (non-hydrogen) atoms. The summed E-state index contributed by atoms with van der Waals surface area (Å²) in [6.45, 7) is 2.12. The van der Waals surface area contributed by atoms with E-state index in [0.717, 1.165) is 10.9 Å². The molecular weight excluding hydrogens is 230 g/mol. The Hall–Kier alpha value is -2.01. The number of aromatic amines is 1. The second-order valence-corrected chi connectivity index (χ2v) is 4.28. The number of nitrogen functional groups attached to an aromatic ring is 1. The zero-order chi connectivity index (χ0) is 13.1. The van der Waals surface area contributed by atoms with E-state index in [0.29, 0.717) is 17.7 Å². The summed E-state index contributed by atoms with van der Waals surface area (Å²) in [4.78, 5) is 15.0. The van der Waals surface area contributed by atoms with Crippen molar-refractivity contribution in [3.05, 3.63) is 30.0 Å². The zero-order valence-corrected chi connectivity index (χ0v) is 10.2. The molecule has 0 fully saturated rings. The Morgan fingerprint density at radius 2 is 2.33 bits per heavy atom. The number of hydrogen-bond acceptors (Lipinski definition) is 3. The Morgan fingerprint density at radius 1 is 1.56 bits per heavy atom. The number of aromatic nitrogens is 1. The lowest BCUT2D eigenvalue weighted by Crippen LogP contribution is -2.31. The lowest BCUT2D eigenvalue weighted by molar-refractivity contribution is 0.0915. The van der Waals surface area contributed by atoms with Gasteiger partial charge in [0.05, 0.1) is 11.7 Å². The van der Waals surface area contributed by atoms with Gasteiger partial charge in [-0.1, -0.05) is 6.92 Å². The molecule has 1 unspecified atom stereocenters. The molecule has 2 aromatic rings. The number of nitrogens with two attached hydrogens (primary N) is 1. The number of hydrogen-bond donors (Lipinski definition) is 4. The van der Waals surface area contributed by atoms with Crippen LogP contribution in [0.2, 0.25) is 0 Å². The molecule has 0 aliphatic carbocycles. The highest BCUT2D eigenvalue weighted by molar-refractivity contribution is 6.07. The average molecular weight is 247 g/mol. The van der Waals surface area contributed by atoms with Crippen LogP contribution in [0.5, 0.6) is 0 Å². The van der Waals surface area contributed by atoms with Crippen molar-refractivity contribution < 1.29 is 9.90 Å². The molecule has 1 heterocycles. The second-order valence-electron chi connectivity index (χ2n) is 4.28. The first-order valence-corrected chi connectivity index (χ1v) is 5.94. The maximum Gasteiger partial charge on any atom is 0.253 e. The van der Waals surface area contributed by atoms with Gasteiger partial charge in [-0.25, -0.2) is 0 Å². The number of anilines is 1. The van der Waals surface area contributed by atoms with E-state index in [-0.39, 0.29) is 12.5 Å². The largest absolute Gasteiger partial charge is 0.399 e. The number of aliphatic hydroxyl groups is 1. The predicted molar refractivity (Wildman–Crippen MR) is 71.3 cm³/mol. The van der Waals surface area contributed by atoms with Gasteiger partial charge >= 0.3 is 0 Å². The van der Waals surface area contributed by atoms with Gasteiger partial charge in [-0.3, -0.25) is 4.79 Å². The van der Waals surface area contributed by atoms with E-state index in [4.69, 9.17) is 5.73 Å². The summed E-state index contributed by atoms with van der Waals surface area (Å²) in [6, 6.07) is 5.38. The number of nitrogens with one attached hydrogen (secondary N) is 2. The minimum absolute atomic E-state index is 0.209. The third-order valence-electron chi connectivity index (χ3n) is 2.92. The van der Waals surface area contributed by atoms with Gasteiger partial charge in [0.25, 0.3) is 5.91 Å². The molecule has 1 aromatic carbocycles. The Kier molecular flexibility index (Phi) is 3.53. The highest BCUT2D eigenvalue weighted by Crippen LogP contribution is 2.20. The van der Waals surface area contributed by atoms with Crippen molar-refractivity contribution in [2.24, 2.45) is 0 Å². The summed E-state index contributed by atoms with van der Waals surface area (Å²) in [5.74, 6) is -0.209. The smallest absolute Gasteiger partial charge is 0.253 e. The fourth-order valence-corrected chi connectivity index (χ4v) is 1.78. The van der Waals surface area contributed by atoms with E-state index < -0.39 is 6.10 Å². The van der Waals surface area contributed by atoms with Gasteiger partial charge in [-0.05, 0) is 24.6 Å². The maximum absolute atomic E-state index is 12.0. The van der Waals surface area contributed by atoms with Gasteiger partial charge in [0, 0.05) is 29.3 Å². The molecule has 0 aliphatic heterocycles. The molecular formula is C13H17N3O2. The summed E-state index contributed by atoms with van der Waals surface area (Å²) in [6.07, 6.45) is 1.75. The fourth-order valence-electron chi connectivity index (χ4n) is 1.78. The van der Waals surface area contributed by atoms with Crippen LogP contribution in [0.3, 0.4) is 0 Å². The number of rotatable bonds is 4. The molecule has 5 nitrogen and oxygen atoms in total. The number of aliphatic hydroxyl groups excluding tert-OH is 1. The number of carbonyl (C=O) groups excluding carboxylic acids is 1. The molecule has 1 atom stereocenters. The van der Waals surface area contributed by atoms with Gasteiger partial charge in [0.2, 0.25) is 0 Å². The molecule has 5 N–H and O–H groups in total. The molecule has 2 rings (SSSR count). The summed E-state index contributed by atoms with van der Waals surface area (Å²) in [5, 5.41) is 12.9. The van der Waals surface area contributed by atoms with Crippen LogP contribution in [0, 0.1) is 0 Å². The number of carbonyl (C=O) groups is 1. The first-order valence-electron chi connectivity index (χ1n) is 5.94. The number of fused-ring (bicyclic) bond motifs is 1. The zero-order valence-electron chi connectivity index (χ0n) is 10.2. The van der Waals surface area contributed by atoms with Gasteiger partial charge in [0.1, 0.15) is 0 Å². The van der Waals surface area contributed by atoms with Gasteiger partial charge in [-0.2, -0.15) is 0 Å². The first-order chi connectivity index (χ1) is 8.61. The maximum atomic E-state index is 12.0. The topological polar surface area (TPSA) is 91.1 Å². The Morgan fingerprint density at radius 3 is 3.06 bits per heavy atom. The molecule has 0 bridgehead atoms. The van der Waals surface area contributed by atoms with Crippen LogP contribution in [0.15, 0.2) is 24.4 Å². The molecule has 0 saturated carbocycles. The van der Waals surface area contributed by atoms with Crippen LogP contribution in [0.25, 0.3) is 10.9 Å². The van der Waals surface area contributed by atoms with E-state index >= 15 is 0 Å². The number of benzene rings is 1. The van der Waals surface area contributed by atoms with E-state index in [1.807, 2.05) is 13.0 Å². The van der Waals surface area contributed by atoms with E-state index in [2.05, 4.69) is 10.3 Å². The lowest BCUT2D eigenvalue weighted by atomic mass is 10.1. The van der Waals surface area contributed by atoms with Crippen molar-refractivity contribution in [2.75, 3.05) is 12.3 Å². The molecule has 5 heteroatoms. The van der Waals surface area contributed by atoms with E-state index in [1.54, 1.807) is 18.3 Å². The van der Waals surface area contributed by atoms with Crippen molar-refractivity contribution >= 4 is 22.5 Å². The Labute approximate surface area is 105 Å². The first kappa shape index (κ1) is 12.4. The summed E-state index contributed by atoms with van der Waals surface area (Å²) < 4.78 is 0. The van der Waals surface area contributed by atoms with Crippen LogP contribution < -0.4 is 11.1 Å². The standard InChI is InChI=1S/C13H17N3O2/c1-2-9(17)6-16-13(18)11-7-15-12-4-3-8(14)5-10(11)12/h3-5,7,9,15,17H,2,6,14H2,1H3,(H,16,18). The summed E-state index contributed by atoms with van der Waals surface area (Å²) in [5.41, 5.74) is 7.73. The Bertz CT molecular complexity index is 562. The number of amides is 1. The molecule has 0 radical (unpaired) electrons. The Balaban J connectivity index is 2.20. The average Bonchev–Trinajstić information content (AvgIpc) is 2.78. The molecule has 0 aliphatic rings. The van der Waals surface area contributed by atoms with Crippen molar-refractivity contribution in [1.82, 2.24) is 10.3 Å². The lowest BCUT2D eigenvalue weighted by Gasteiger charge is -2.08. The van der Waals surface area contributed by atoms with Crippen LogP contribution in [-0.4, -0.2) is 28.6 Å². The minimum atomic E-state index is -0.510. The molecule has 1 aromatic heterocycles.